The summed E-state index contributed by atoms with van der Waals surface area (Å²) >= 11 is 0. The van der Waals surface area contributed by atoms with Crippen LogP contribution in [0.3, 0.4) is 0 Å². The number of aryl methyl sites for hydroxylation is 1. The molecule has 2 rings (SSSR count). The van der Waals surface area contributed by atoms with Crippen molar-refractivity contribution in [3.63, 3.8) is 0 Å². The topological polar surface area (TPSA) is 86.0 Å². The van der Waals surface area contributed by atoms with Crippen molar-refractivity contribution in [2.45, 2.75) is 20.8 Å². The minimum absolute atomic E-state index is 0.0463. The highest BCUT2D eigenvalue weighted by Crippen LogP contribution is 2.22. The number of carboxylic acid groups (broad SMARTS) is 1. The van der Waals surface area contributed by atoms with E-state index < -0.39 is 11.8 Å². The number of hydrogen-bond donors (Lipinski definition) is 2. The van der Waals surface area contributed by atoms with Gasteiger partial charge in [-0.3, -0.25) is 0 Å². The maximum atomic E-state index is 13.7. The molecule has 0 aliphatic carbocycles. The lowest BCUT2D eigenvalue weighted by Crippen LogP contribution is -2.06. The Morgan fingerprint density at radius 3 is 2.55 bits per heavy atom. The summed E-state index contributed by atoms with van der Waals surface area (Å²) in [7, 11) is 0. The molecule has 0 saturated carbocycles. The number of benzene rings is 1. The van der Waals surface area contributed by atoms with Crippen LogP contribution in [0.4, 0.5) is 15.9 Å². The average Bonchev–Trinajstić information content (AvgIpc) is 2.51. The largest absolute Gasteiger partial charge is 0.478 e. The van der Waals surface area contributed by atoms with Crippen LogP contribution in [0.15, 0.2) is 30.3 Å². The van der Waals surface area contributed by atoms with Crippen molar-refractivity contribution in [2.75, 3.05) is 5.32 Å². The third kappa shape index (κ3) is 4.03. The number of aromatic nitrogens is 1. The Balaban J connectivity index is 0.00000116. The molecule has 0 spiro atoms. The molecule has 6 heteroatoms. The zero-order chi connectivity index (χ0) is 16.7. The van der Waals surface area contributed by atoms with E-state index in [1.54, 1.807) is 19.1 Å². The van der Waals surface area contributed by atoms with E-state index in [1.807, 2.05) is 13.8 Å². The molecule has 0 aliphatic heterocycles. The molecule has 1 heterocycles. The lowest BCUT2D eigenvalue weighted by molar-refractivity contribution is 0.0697. The summed E-state index contributed by atoms with van der Waals surface area (Å²) in [6, 6.07) is 8.83. The fourth-order valence-corrected chi connectivity index (χ4v) is 1.64. The summed E-state index contributed by atoms with van der Waals surface area (Å²) in [5.41, 5.74) is 0.750. The molecule has 0 unspecified atom stereocenters. The van der Waals surface area contributed by atoms with Crippen molar-refractivity contribution in [2.24, 2.45) is 0 Å². The third-order valence-corrected chi connectivity index (χ3v) is 2.62. The van der Waals surface area contributed by atoms with Gasteiger partial charge >= 0.3 is 5.97 Å². The second kappa shape index (κ2) is 7.74. The number of nitrogens with one attached hydrogen (secondary N) is 1. The Morgan fingerprint density at radius 2 is 2.00 bits per heavy atom. The number of nitriles is 1. The molecule has 0 fully saturated rings. The van der Waals surface area contributed by atoms with Crippen molar-refractivity contribution < 1.29 is 14.3 Å². The first-order valence-corrected chi connectivity index (χ1v) is 6.69. The third-order valence-electron chi connectivity index (χ3n) is 2.62. The van der Waals surface area contributed by atoms with E-state index >= 15 is 0 Å². The van der Waals surface area contributed by atoms with Crippen LogP contribution in [0.25, 0.3) is 0 Å². The van der Waals surface area contributed by atoms with Crippen LogP contribution in [0, 0.1) is 24.1 Å². The first-order valence-electron chi connectivity index (χ1n) is 6.69. The fraction of sp³-hybridized carbons (Fsp3) is 0.188. The van der Waals surface area contributed by atoms with Gasteiger partial charge in [-0.2, -0.15) is 5.26 Å². The van der Waals surface area contributed by atoms with Crippen molar-refractivity contribution in [3.05, 3.63) is 53.0 Å². The van der Waals surface area contributed by atoms with Crippen molar-refractivity contribution in [1.29, 1.82) is 5.26 Å². The highest BCUT2D eigenvalue weighted by Gasteiger charge is 2.14. The van der Waals surface area contributed by atoms with Gasteiger partial charge in [-0.15, -0.1) is 0 Å². The Kier molecular flexibility index (Phi) is 6.02. The van der Waals surface area contributed by atoms with Crippen LogP contribution < -0.4 is 5.32 Å². The number of pyridine rings is 1. The standard InChI is InChI=1S/C14H10FN3O2.C2H6/c1-8-2-5-12(11(15)6-8)18-13-10(14(19)20)4-3-9(7-16)17-13;1-2/h2-6H,1H3,(H,17,18)(H,19,20);1-2H3. The fourth-order valence-electron chi connectivity index (χ4n) is 1.64. The SMILES string of the molecule is CC.Cc1ccc(Nc2nc(C#N)ccc2C(=O)O)c(F)c1. The van der Waals surface area contributed by atoms with Gasteiger partial charge in [-0.1, -0.05) is 19.9 Å². The predicted octanol–water partition coefficient (Wildman–Crippen LogP) is 3.87. The van der Waals surface area contributed by atoms with Gasteiger partial charge in [0.2, 0.25) is 0 Å². The molecule has 5 nitrogen and oxygen atoms in total. The van der Waals surface area contributed by atoms with Crippen molar-refractivity contribution >= 4 is 17.5 Å². The van der Waals surface area contributed by atoms with Gasteiger partial charge in [0, 0.05) is 0 Å². The highest BCUT2D eigenvalue weighted by molar-refractivity contribution is 5.94. The van der Waals surface area contributed by atoms with Crippen molar-refractivity contribution in [3.8, 4) is 6.07 Å². The molecular formula is C16H16FN3O2. The molecule has 1 aromatic heterocycles. The molecule has 0 radical (unpaired) electrons. The Morgan fingerprint density at radius 1 is 1.32 bits per heavy atom. The van der Waals surface area contributed by atoms with E-state index in [4.69, 9.17) is 10.4 Å². The zero-order valence-electron chi connectivity index (χ0n) is 12.5. The first-order chi connectivity index (χ1) is 10.5. The van der Waals surface area contributed by atoms with E-state index in [1.165, 1.54) is 24.3 Å². The summed E-state index contributed by atoms with van der Waals surface area (Å²) in [5, 5.41) is 20.5. The quantitative estimate of drug-likeness (QED) is 0.898. The molecule has 0 aliphatic rings. The summed E-state index contributed by atoms with van der Waals surface area (Å²) in [6.07, 6.45) is 0. The molecule has 2 N–H and O–H groups in total. The number of carbonyl (C=O) groups is 1. The molecule has 0 amide bonds. The average molecular weight is 301 g/mol. The number of carboxylic acids is 1. The lowest BCUT2D eigenvalue weighted by Gasteiger charge is -2.10. The second-order valence-electron chi connectivity index (χ2n) is 4.12. The van der Waals surface area contributed by atoms with Crippen LogP contribution >= 0.6 is 0 Å². The van der Waals surface area contributed by atoms with E-state index in [0.717, 1.165) is 5.56 Å². The van der Waals surface area contributed by atoms with E-state index in [9.17, 15) is 9.18 Å². The van der Waals surface area contributed by atoms with Gasteiger partial charge in [0.05, 0.1) is 5.69 Å². The zero-order valence-corrected chi connectivity index (χ0v) is 12.5. The number of anilines is 2. The van der Waals surface area contributed by atoms with E-state index in [-0.39, 0.29) is 22.8 Å². The van der Waals surface area contributed by atoms with Crippen molar-refractivity contribution in [1.82, 2.24) is 4.98 Å². The molecule has 0 saturated heterocycles. The minimum atomic E-state index is -1.21. The van der Waals surface area contributed by atoms with Crippen LogP contribution in [0.2, 0.25) is 0 Å². The Labute approximate surface area is 128 Å². The number of nitrogens with zero attached hydrogens (tertiary/aromatic N) is 2. The van der Waals surface area contributed by atoms with Gasteiger partial charge in [0.25, 0.3) is 0 Å². The van der Waals surface area contributed by atoms with Gasteiger partial charge in [0.15, 0.2) is 0 Å². The molecule has 2 aromatic rings. The Hall–Kier alpha value is -2.94. The van der Waals surface area contributed by atoms with Crippen LogP contribution in [-0.4, -0.2) is 16.1 Å². The molecular weight excluding hydrogens is 285 g/mol. The maximum absolute atomic E-state index is 13.7. The number of rotatable bonds is 3. The minimum Gasteiger partial charge on any atom is -0.478 e. The normalized spacial score (nSPS) is 9.23. The molecule has 114 valence electrons. The lowest BCUT2D eigenvalue weighted by atomic mass is 10.2. The van der Waals surface area contributed by atoms with Crippen LogP contribution in [0.1, 0.15) is 35.5 Å². The van der Waals surface area contributed by atoms with Gasteiger partial charge in [-0.25, -0.2) is 14.2 Å². The predicted molar refractivity (Wildman–Crippen MR) is 81.7 cm³/mol. The number of aromatic carboxylic acids is 1. The molecule has 1 aromatic carbocycles. The van der Waals surface area contributed by atoms with Gasteiger partial charge in [0.1, 0.15) is 29.0 Å². The van der Waals surface area contributed by atoms with Crippen LogP contribution in [-0.2, 0) is 0 Å². The molecule has 22 heavy (non-hydrogen) atoms. The maximum Gasteiger partial charge on any atom is 0.339 e. The molecule has 0 atom stereocenters. The Bertz CT molecular complexity index is 724. The summed E-state index contributed by atoms with van der Waals surface area (Å²) in [5.74, 6) is -1.80. The van der Waals surface area contributed by atoms with Crippen LogP contribution in [0.5, 0.6) is 0 Å². The number of hydrogen-bond acceptors (Lipinski definition) is 4. The monoisotopic (exact) mass is 301 g/mol. The summed E-state index contributed by atoms with van der Waals surface area (Å²) < 4.78 is 13.7. The van der Waals surface area contributed by atoms with E-state index in [2.05, 4.69) is 10.3 Å². The summed E-state index contributed by atoms with van der Waals surface area (Å²) in [6.45, 7) is 5.74. The van der Waals surface area contributed by atoms with Gasteiger partial charge in [-0.05, 0) is 36.8 Å². The smallest absolute Gasteiger partial charge is 0.339 e. The number of halogens is 1. The van der Waals surface area contributed by atoms with E-state index in [0.29, 0.717) is 0 Å². The first kappa shape index (κ1) is 17.1. The molecule has 0 bridgehead atoms. The second-order valence-corrected chi connectivity index (χ2v) is 4.12. The van der Waals surface area contributed by atoms with Gasteiger partial charge < -0.3 is 10.4 Å². The highest BCUT2D eigenvalue weighted by atomic mass is 19.1. The summed E-state index contributed by atoms with van der Waals surface area (Å²) in [4.78, 5) is 14.9.